The highest BCUT2D eigenvalue weighted by Gasteiger charge is 2.29. The first-order valence-electron chi connectivity index (χ1n) is 7.42. The van der Waals surface area contributed by atoms with E-state index < -0.39 is 66.8 Å². The van der Waals surface area contributed by atoms with Crippen LogP contribution in [0.2, 0.25) is 0 Å². The predicted octanol–water partition coefficient (Wildman–Crippen LogP) is -4.33. The Morgan fingerprint density at radius 3 is 2.12 bits per heavy atom. The van der Waals surface area contributed by atoms with Gasteiger partial charge in [-0.3, -0.25) is 19.2 Å². The summed E-state index contributed by atoms with van der Waals surface area (Å²) in [5.41, 5.74) is 10.3. The highest BCUT2D eigenvalue weighted by atomic mass is 32.1. The molecule has 0 saturated carbocycles. The van der Waals surface area contributed by atoms with Gasteiger partial charge in [-0.2, -0.15) is 12.6 Å². The van der Waals surface area contributed by atoms with Gasteiger partial charge in [0.2, 0.25) is 23.6 Å². The Balaban J connectivity index is 4.68. The Morgan fingerprint density at radius 2 is 1.69 bits per heavy atom. The SMILES string of the molecule is CC(O)C(NC(=O)CNC(=O)C(N)CC(N)=O)C(=O)NC(CS)C(=O)O. The van der Waals surface area contributed by atoms with Crippen molar-refractivity contribution in [1.29, 1.82) is 0 Å². The van der Waals surface area contributed by atoms with Crippen molar-refractivity contribution < 1.29 is 34.2 Å². The van der Waals surface area contributed by atoms with Gasteiger partial charge in [-0.25, -0.2) is 4.79 Å². The first kappa shape index (κ1) is 23.6. The zero-order valence-corrected chi connectivity index (χ0v) is 14.9. The molecule has 4 amide bonds. The molecule has 0 fully saturated rings. The van der Waals surface area contributed by atoms with E-state index in [0.717, 1.165) is 0 Å². The third-order valence-corrected chi connectivity index (χ3v) is 3.42. The summed E-state index contributed by atoms with van der Waals surface area (Å²) in [4.78, 5) is 57.0. The average Bonchev–Trinajstić information content (AvgIpc) is 2.53. The normalized spacial score (nSPS) is 15.1. The Bertz CT molecular complexity index is 557. The van der Waals surface area contributed by atoms with Gasteiger partial charge in [0.1, 0.15) is 12.1 Å². The molecule has 0 aromatic heterocycles. The number of carbonyl (C=O) groups excluding carboxylic acids is 4. The molecule has 0 radical (unpaired) electrons. The number of thiol groups is 1. The quantitative estimate of drug-likeness (QED) is 0.160. The molecule has 0 rings (SSSR count). The number of hydrogen-bond acceptors (Lipinski definition) is 8. The highest BCUT2D eigenvalue weighted by molar-refractivity contribution is 7.80. The third-order valence-electron chi connectivity index (χ3n) is 3.06. The number of amides is 4. The van der Waals surface area contributed by atoms with Crippen molar-refractivity contribution in [1.82, 2.24) is 16.0 Å². The van der Waals surface area contributed by atoms with Crippen molar-refractivity contribution in [2.24, 2.45) is 11.5 Å². The predicted molar refractivity (Wildman–Crippen MR) is 91.8 cm³/mol. The van der Waals surface area contributed by atoms with E-state index in [0.29, 0.717) is 0 Å². The minimum atomic E-state index is -1.46. The van der Waals surface area contributed by atoms with Crippen LogP contribution in [0.3, 0.4) is 0 Å². The number of aliphatic carboxylic acids is 1. The summed E-state index contributed by atoms with van der Waals surface area (Å²) in [7, 11) is 0. The molecule has 13 heteroatoms. The molecule has 0 aliphatic heterocycles. The van der Waals surface area contributed by atoms with Gasteiger partial charge >= 0.3 is 5.97 Å². The second kappa shape index (κ2) is 11.3. The lowest BCUT2D eigenvalue weighted by molar-refractivity contribution is -0.142. The summed E-state index contributed by atoms with van der Waals surface area (Å²) in [5.74, 6) is -4.91. The molecule has 26 heavy (non-hydrogen) atoms. The van der Waals surface area contributed by atoms with E-state index in [4.69, 9.17) is 16.6 Å². The zero-order chi connectivity index (χ0) is 20.4. The summed E-state index contributed by atoms with van der Waals surface area (Å²) in [6.07, 6.45) is -1.76. The van der Waals surface area contributed by atoms with E-state index in [-0.39, 0.29) is 5.75 Å². The van der Waals surface area contributed by atoms with Gasteiger partial charge in [0.15, 0.2) is 0 Å². The number of carbonyl (C=O) groups is 5. The number of aliphatic hydroxyl groups is 1. The van der Waals surface area contributed by atoms with Gasteiger partial charge in [0, 0.05) is 5.75 Å². The summed E-state index contributed by atoms with van der Waals surface area (Å²) in [6.45, 7) is 0.624. The van der Waals surface area contributed by atoms with Crippen LogP contribution in [0.5, 0.6) is 0 Å². The number of rotatable bonds is 11. The number of carboxylic acids is 1. The summed E-state index contributed by atoms with van der Waals surface area (Å²) >= 11 is 3.78. The molecule has 4 unspecified atom stereocenters. The fourth-order valence-corrected chi connectivity index (χ4v) is 1.93. The molecule has 0 aromatic rings. The van der Waals surface area contributed by atoms with Crippen LogP contribution in [0, 0.1) is 0 Å². The molecule has 0 aliphatic rings. The van der Waals surface area contributed by atoms with Crippen molar-refractivity contribution in [3.63, 3.8) is 0 Å². The minimum Gasteiger partial charge on any atom is -0.480 e. The molecule has 4 atom stereocenters. The maximum atomic E-state index is 12.0. The fourth-order valence-electron chi connectivity index (χ4n) is 1.68. The Kier molecular flexibility index (Phi) is 10.2. The van der Waals surface area contributed by atoms with Crippen LogP contribution in [0.15, 0.2) is 0 Å². The molecular weight excluding hydrogens is 370 g/mol. The van der Waals surface area contributed by atoms with Gasteiger partial charge in [-0.1, -0.05) is 0 Å². The van der Waals surface area contributed by atoms with E-state index in [1.165, 1.54) is 6.92 Å². The smallest absolute Gasteiger partial charge is 0.327 e. The van der Waals surface area contributed by atoms with Gasteiger partial charge in [-0.05, 0) is 6.92 Å². The number of carboxylic acid groups (broad SMARTS) is 1. The van der Waals surface area contributed by atoms with E-state index >= 15 is 0 Å². The van der Waals surface area contributed by atoms with Crippen LogP contribution in [0.4, 0.5) is 0 Å². The summed E-state index contributed by atoms with van der Waals surface area (Å²) in [6, 6.07) is -4.00. The lowest BCUT2D eigenvalue weighted by atomic mass is 10.1. The van der Waals surface area contributed by atoms with Gasteiger partial charge < -0.3 is 37.6 Å². The maximum absolute atomic E-state index is 12.0. The number of primary amides is 1. The molecule has 0 spiro atoms. The topological polar surface area (TPSA) is 214 Å². The van der Waals surface area contributed by atoms with Gasteiger partial charge in [0.05, 0.1) is 25.1 Å². The largest absolute Gasteiger partial charge is 0.480 e. The lowest BCUT2D eigenvalue weighted by Gasteiger charge is -2.23. The van der Waals surface area contributed by atoms with Gasteiger partial charge in [0.25, 0.3) is 0 Å². The van der Waals surface area contributed by atoms with Crippen molar-refractivity contribution in [2.45, 2.75) is 37.6 Å². The highest BCUT2D eigenvalue weighted by Crippen LogP contribution is 1.97. The first-order chi connectivity index (χ1) is 12.0. The van der Waals surface area contributed by atoms with Crippen LogP contribution in [-0.4, -0.2) is 76.3 Å². The minimum absolute atomic E-state index is 0.199. The molecule has 9 N–H and O–H groups in total. The molecule has 148 valence electrons. The van der Waals surface area contributed by atoms with Crippen LogP contribution in [0.1, 0.15) is 13.3 Å². The second-order valence-electron chi connectivity index (χ2n) is 5.36. The molecule has 0 saturated heterocycles. The number of nitrogens with two attached hydrogens (primary N) is 2. The van der Waals surface area contributed by atoms with Gasteiger partial charge in [-0.15, -0.1) is 0 Å². The first-order valence-corrected chi connectivity index (χ1v) is 8.05. The molecule has 12 nitrogen and oxygen atoms in total. The number of hydrogen-bond donors (Lipinski definition) is 8. The Hall–Kier alpha value is -2.38. The average molecular weight is 393 g/mol. The van der Waals surface area contributed by atoms with Crippen molar-refractivity contribution >= 4 is 42.2 Å². The molecular formula is C13H23N5O7S. The standard InChI is InChI=1S/C13H23N5O7S/c1-5(19)10(12(23)17-7(4-26)13(24)25)18-9(21)3-16-11(22)6(14)2-8(15)20/h5-7,10,19,26H,2-4,14H2,1H3,(H2,15,20)(H,16,22)(H,17,23)(H,18,21)(H,24,25). The third kappa shape index (κ3) is 8.64. The monoisotopic (exact) mass is 393 g/mol. The zero-order valence-electron chi connectivity index (χ0n) is 14.0. The Morgan fingerprint density at radius 1 is 1.12 bits per heavy atom. The molecule has 0 aromatic carbocycles. The van der Waals surface area contributed by atoms with Crippen LogP contribution < -0.4 is 27.4 Å². The summed E-state index contributed by atoms with van der Waals surface area (Å²) < 4.78 is 0. The van der Waals surface area contributed by atoms with E-state index in [2.05, 4.69) is 28.6 Å². The summed E-state index contributed by atoms with van der Waals surface area (Å²) in [5, 5.41) is 24.9. The lowest BCUT2D eigenvalue weighted by Crippen LogP contribution is -2.57. The molecule has 0 bridgehead atoms. The Labute approximate surface area is 154 Å². The molecule has 0 aliphatic carbocycles. The van der Waals surface area contributed by atoms with Crippen LogP contribution in [-0.2, 0) is 24.0 Å². The van der Waals surface area contributed by atoms with Crippen molar-refractivity contribution in [3.05, 3.63) is 0 Å². The maximum Gasteiger partial charge on any atom is 0.327 e. The second-order valence-corrected chi connectivity index (χ2v) is 5.73. The van der Waals surface area contributed by atoms with E-state index in [1.807, 2.05) is 0 Å². The van der Waals surface area contributed by atoms with Crippen molar-refractivity contribution in [3.8, 4) is 0 Å². The number of aliphatic hydroxyl groups excluding tert-OH is 1. The van der Waals surface area contributed by atoms with E-state index in [9.17, 15) is 29.1 Å². The fraction of sp³-hybridized carbons (Fsp3) is 0.615. The van der Waals surface area contributed by atoms with Crippen LogP contribution in [0.25, 0.3) is 0 Å². The van der Waals surface area contributed by atoms with Crippen molar-refractivity contribution in [2.75, 3.05) is 12.3 Å². The van der Waals surface area contributed by atoms with Crippen LogP contribution >= 0.6 is 12.6 Å². The molecule has 0 heterocycles. The number of nitrogens with one attached hydrogen (secondary N) is 3. The van der Waals surface area contributed by atoms with E-state index in [1.54, 1.807) is 0 Å².